The van der Waals surface area contributed by atoms with Crippen LogP contribution in [0.4, 0.5) is 4.39 Å². The zero-order chi connectivity index (χ0) is 14.0. The number of benzene rings is 1. The lowest BCUT2D eigenvalue weighted by molar-refractivity contribution is 0.103. The van der Waals surface area contributed by atoms with Gasteiger partial charge in [-0.25, -0.2) is 9.37 Å². The summed E-state index contributed by atoms with van der Waals surface area (Å²) in [5.41, 5.74) is 1.53. The van der Waals surface area contributed by atoms with Crippen LogP contribution in [0.15, 0.2) is 16.6 Å². The van der Waals surface area contributed by atoms with E-state index in [1.807, 2.05) is 11.5 Å². The SMILES string of the molecule is COC(C)Cn1c(CCCl)nc2cc(F)c(Br)cc21. The van der Waals surface area contributed by atoms with Crippen molar-refractivity contribution < 1.29 is 9.13 Å². The highest BCUT2D eigenvalue weighted by Crippen LogP contribution is 2.25. The first-order valence-electron chi connectivity index (χ1n) is 5.99. The summed E-state index contributed by atoms with van der Waals surface area (Å²) in [5, 5.41) is 0. The van der Waals surface area contributed by atoms with E-state index in [1.165, 1.54) is 6.07 Å². The molecule has 1 aromatic carbocycles. The lowest BCUT2D eigenvalue weighted by Gasteiger charge is -2.13. The number of fused-ring (bicyclic) bond motifs is 1. The predicted molar refractivity (Wildman–Crippen MR) is 78.3 cm³/mol. The van der Waals surface area contributed by atoms with Gasteiger partial charge < -0.3 is 9.30 Å². The van der Waals surface area contributed by atoms with Crippen LogP contribution in [0.5, 0.6) is 0 Å². The number of halogens is 3. The zero-order valence-electron chi connectivity index (χ0n) is 10.8. The topological polar surface area (TPSA) is 27.1 Å². The van der Waals surface area contributed by atoms with Gasteiger partial charge >= 0.3 is 0 Å². The number of nitrogens with zero attached hydrogens (tertiary/aromatic N) is 2. The lowest BCUT2D eigenvalue weighted by Crippen LogP contribution is -2.17. The molecule has 1 aromatic heterocycles. The van der Waals surface area contributed by atoms with E-state index in [9.17, 15) is 4.39 Å². The number of aromatic nitrogens is 2. The van der Waals surface area contributed by atoms with E-state index in [0.717, 1.165) is 11.3 Å². The van der Waals surface area contributed by atoms with Gasteiger partial charge in [-0.2, -0.15) is 0 Å². The van der Waals surface area contributed by atoms with Crippen LogP contribution in [0.25, 0.3) is 11.0 Å². The summed E-state index contributed by atoms with van der Waals surface area (Å²) in [5.74, 6) is 1.02. The summed E-state index contributed by atoms with van der Waals surface area (Å²) in [4.78, 5) is 4.45. The van der Waals surface area contributed by atoms with Crippen molar-refractivity contribution in [2.24, 2.45) is 0 Å². The van der Waals surface area contributed by atoms with Gasteiger partial charge in [-0.1, -0.05) is 0 Å². The molecular formula is C13H15BrClFN2O. The standard InChI is InChI=1S/C13H15BrClFN2O/c1-8(19-2)7-18-12-5-9(14)10(16)6-11(12)17-13(18)3-4-15/h5-6,8H,3-4,7H2,1-2H3. The summed E-state index contributed by atoms with van der Waals surface area (Å²) in [6.07, 6.45) is 0.696. The van der Waals surface area contributed by atoms with Gasteiger partial charge in [-0.15, -0.1) is 11.6 Å². The first-order chi connectivity index (χ1) is 9.06. The molecule has 0 aliphatic rings. The highest BCUT2D eigenvalue weighted by Gasteiger charge is 2.15. The molecule has 1 unspecified atom stereocenters. The Morgan fingerprint density at radius 2 is 2.26 bits per heavy atom. The second kappa shape index (κ2) is 6.20. The molecule has 0 saturated heterocycles. The van der Waals surface area contributed by atoms with Crippen molar-refractivity contribution in [1.82, 2.24) is 9.55 Å². The molecule has 1 atom stereocenters. The molecule has 3 nitrogen and oxygen atoms in total. The third-order valence-electron chi connectivity index (χ3n) is 3.03. The average Bonchev–Trinajstić information content (AvgIpc) is 2.68. The first kappa shape index (κ1) is 14.8. The van der Waals surface area contributed by atoms with Crippen molar-refractivity contribution in [3.05, 3.63) is 28.2 Å². The van der Waals surface area contributed by atoms with Gasteiger partial charge in [0.2, 0.25) is 0 Å². The van der Waals surface area contributed by atoms with E-state index < -0.39 is 0 Å². The molecule has 0 aliphatic heterocycles. The Bertz CT molecular complexity index is 588. The van der Waals surface area contributed by atoms with Gasteiger partial charge in [0.25, 0.3) is 0 Å². The molecule has 6 heteroatoms. The molecular weight excluding hydrogens is 335 g/mol. The summed E-state index contributed by atoms with van der Waals surface area (Å²) in [6, 6.07) is 3.18. The van der Waals surface area contributed by atoms with E-state index >= 15 is 0 Å². The van der Waals surface area contributed by atoms with Gasteiger partial charge in [-0.05, 0) is 28.9 Å². The zero-order valence-corrected chi connectivity index (χ0v) is 13.1. The summed E-state index contributed by atoms with van der Waals surface area (Å²) >= 11 is 9.01. The van der Waals surface area contributed by atoms with E-state index in [-0.39, 0.29) is 11.9 Å². The second-order valence-corrected chi connectivity index (χ2v) is 5.61. The maximum atomic E-state index is 13.6. The van der Waals surface area contributed by atoms with Gasteiger partial charge in [0, 0.05) is 25.5 Å². The molecule has 104 valence electrons. The molecule has 0 aliphatic carbocycles. The Labute approximate surface area is 124 Å². The number of alkyl halides is 1. The highest BCUT2D eigenvalue weighted by atomic mass is 79.9. The maximum absolute atomic E-state index is 13.6. The van der Waals surface area contributed by atoms with Crippen LogP contribution in [0.1, 0.15) is 12.7 Å². The normalized spacial score (nSPS) is 13.1. The number of ether oxygens (including phenoxy) is 1. The Hall–Kier alpha value is -0.650. The van der Waals surface area contributed by atoms with Crippen LogP contribution in [0, 0.1) is 5.82 Å². The summed E-state index contributed by atoms with van der Waals surface area (Å²) in [6.45, 7) is 2.65. The van der Waals surface area contributed by atoms with E-state index in [1.54, 1.807) is 13.2 Å². The predicted octanol–water partition coefficient (Wildman–Crippen LogP) is 3.75. The highest BCUT2D eigenvalue weighted by molar-refractivity contribution is 9.10. The second-order valence-electron chi connectivity index (χ2n) is 4.38. The molecule has 0 spiro atoms. The first-order valence-corrected chi connectivity index (χ1v) is 7.32. The molecule has 0 amide bonds. The number of imidazole rings is 1. The fraction of sp³-hybridized carbons (Fsp3) is 0.462. The van der Waals surface area contributed by atoms with Gasteiger partial charge in [-0.3, -0.25) is 0 Å². The molecule has 0 N–H and O–H groups in total. The summed E-state index contributed by atoms with van der Waals surface area (Å²) in [7, 11) is 1.67. The molecule has 0 fully saturated rings. The van der Waals surface area contributed by atoms with Crippen molar-refractivity contribution in [2.45, 2.75) is 26.0 Å². The quantitative estimate of drug-likeness (QED) is 0.769. The van der Waals surface area contributed by atoms with Crippen molar-refractivity contribution >= 4 is 38.6 Å². The molecule has 2 aromatic rings. The lowest BCUT2D eigenvalue weighted by atomic mass is 10.3. The Morgan fingerprint density at radius 1 is 1.53 bits per heavy atom. The number of methoxy groups -OCH3 is 1. The number of hydrogen-bond donors (Lipinski definition) is 0. The van der Waals surface area contributed by atoms with E-state index in [2.05, 4.69) is 20.9 Å². The molecule has 2 rings (SSSR count). The fourth-order valence-corrected chi connectivity index (χ4v) is 2.48. The third-order valence-corrected chi connectivity index (χ3v) is 3.83. The van der Waals surface area contributed by atoms with Crippen LogP contribution in [0.3, 0.4) is 0 Å². The maximum Gasteiger partial charge on any atom is 0.139 e. The monoisotopic (exact) mass is 348 g/mol. The van der Waals surface area contributed by atoms with Crippen molar-refractivity contribution in [2.75, 3.05) is 13.0 Å². The summed E-state index contributed by atoms with van der Waals surface area (Å²) < 4.78 is 21.3. The molecule has 1 heterocycles. The number of rotatable bonds is 5. The fourth-order valence-electron chi connectivity index (χ4n) is 1.98. The van der Waals surface area contributed by atoms with Crippen LogP contribution in [-0.4, -0.2) is 28.6 Å². The minimum Gasteiger partial charge on any atom is -0.380 e. The Kier molecular flexibility index (Phi) is 4.81. The average molecular weight is 350 g/mol. The van der Waals surface area contributed by atoms with E-state index in [4.69, 9.17) is 16.3 Å². The molecule has 19 heavy (non-hydrogen) atoms. The van der Waals surface area contributed by atoms with Crippen molar-refractivity contribution in [3.8, 4) is 0 Å². The third kappa shape index (κ3) is 3.09. The molecule has 0 saturated carbocycles. The van der Waals surface area contributed by atoms with Gasteiger partial charge in [0.15, 0.2) is 0 Å². The van der Waals surface area contributed by atoms with Crippen LogP contribution >= 0.6 is 27.5 Å². The van der Waals surface area contributed by atoms with Gasteiger partial charge in [0.05, 0.1) is 28.2 Å². The smallest absolute Gasteiger partial charge is 0.139 e. The van der Waals surface area contributed by atoms with Crippen LogP contribution < -0.4 is 0 Å². The van der Waals surface area contributed by atoms with Crippen LogP contribution in [-0.2, 0) is 17.7 Å². The minimum atomic E-state index is -0.311. The molecule has 0 bridgehead atoms. The number of aryl methyl sites for hydroxylation is 1. The van der Waals surface area contributed by atoms with Crippen LogP contribution in [0.2, 0.25) is 0 Å². The number of hydrogen-bond acceptors (Lipinski definition) is 2. The largest absolute Gasteiger partial charge is 0.380 e. The Morgan fingerprint density at radius 3 is 2.89 bits per heavy atom. The minimum absolute atomic E-state index is 0.0512. The van der Waals surface area contributed by atoms with E-state index in [0.29, 0.717) is 28.8 Å². The van der Waals surface area contributed by atoms with Crippen molar-refractivity contribution in [1.29, 1.82) is 0 Å². The van der Waals surface area contributed by atoms with Crippen molar-refractivity contribution in [3.63, 3.8) is 0 Å². The Balaban J connectivity index is 2.55. The van der Waals surface area contributed by atoms with Gasteiger partial charge in [0.1, 0.15) is 11.6 Å². The molecule has 0 radical (unpaired) electrons.